The maximum atomic E-state index is 13.5. The van der Waals surface area contributed by atoms with E-state index in [0.717, 1.165) is 12.1 Å². The van der Waals surface area contributed by atoms with Gasteiger partial charge in [-0.3, -0.25) is 9.78 Å². The number of fused-ring (bicyclic) bond motifs is 1. The second-order valence-electron chi connectivity index (χ2n) is 6.24. The summed E-state index contributed by atoms with van der Waals surface area (Å²) in [7, 11) is 1.58. The molecule has 1 unspecified atom stereocenters. The van der Waals surface area contributed by atoms with Crippen molar-refractivity contribution in [3.8, 4) is 0 Å². The van der Waals surface area contributed by atoms with Gasteiger partial charge in [0.15, 0.2) is 11.6 Å². The highest BCUT2D eigenvalue weighted by molar-refractivity contribution is 6.06. The lowest BCUT2D eigenvalue weighted by Crippen LogP contribution is -2.30. The number of pyridine rings is 1. The second-order valence-corrected chi connectivity index (χ2v) is 6.24. The average Bonchev–Trinajstić information content (AvgIpc) is 2.61. The van der Waals surface area contributed by atoms with Gasteiger partial charge < -0.3 is 4.90 Å². The van der Waals surface area contributed by atoms with E-state index in [4.69, 9.17) is 0 Å². The molecule has 0 spiro atoms. The Morgan fingerprint density at radius 3 is 2.46 bits per heavy atom. The summed E-state index contributed by atoms with van der Waals surface area (Å²) in [6, 6.07) is 8.77. The Balaban J connectivity index is 2.00. The van der Waals surface area contributed by atoms with Crippen LogP contribution in [-0.4, -0.2) is 22.8 Å². The van der Waals surface area contributed by atoms with Gasteiger partial charge >= 0.3 is 0 Å². The Bertz CT molecular complexity index is 999. The zero-order chi connectivity index (χ0) is 19.0. The normalized spacial score (nSPS) is 12.2. The molecule has 0 fully saturated rings. The van der Waals surface area contributed by atoms with E-state index in [0.29, 0.717) is 27.7 Å². The van der Waals surface area contributed by atoms with Gasteiger partial charge in [0.05, 0.1) is 17.1 Å². The molecule has 1 aromatic heterocycles. The molecule has 0 N–H and O–H groups in total. The van der Waals surface area contributed by atoms with Crippen molar-refractivity contribution < 1.29 is 18.0 Å². The highest BCUT2D eigenvalue weighted by Crippen LogP contribution is 2.26. The second kappa shape index (κ2) is 6.78. The van der Waals surface area contributed by atoms with Crippen LogP contribution in [0.2, 0.25) is 0 Å². The number of carbonyl (C=O) groups excluding carboxylic acids is 1. The number of rotatable bonds is 3. The Morgan fingerprint density at radius 2 is 1.77 bits per heavy atom. The molecule has 0 aliphatic carbocycles. The smallest absolute Gasteiger partial charge is 0.254 e. The van der Waals surface area contributed by atoms with E-state index in [1.165, 1.54) is 29.2 Å². The standard InChI is InChI=1S/C20H17F3N2O/c1-11-8-16(15-6-5-14(21)10-19(15)24-11)20(26)25(3)12(2)13-4-7-17(22)18(23)9-13/h4-10,12H,1-3H3. The average molecular weight is 358 g/mol. The van der Waals surface area contributed by atoms with E-state index in [9.17, 15) is 18.0 Å². The maximum Gasteiger partial charge on any atom is 0.254 e. The lowest BCUT2D eigenvalue weighted by atomic mass is 10.0. The van der Waals surface area contributed by atoms with E-state index in [1.807, 2.05) is 0 Å². The monoisotopic (exact) mass is 358 g/mol. The largest absolute Gasteiger partial charge is 0.335 e. The van der Waals surface area contributed by atoms with Crippen molar-refractivity contribution in [3.05, 3.63) is 76.7 Å². The minimum Gasteiger partial charge on any atom is -0.335 e. The summed E-state index contributed by atoms with van der Waals surface area (Å²) < 4.78 is 40.1. The molecule has 0 aliphatic rings. The van der Waals surface area contributed by atoms with Crippen molar-refractivity contribution in [2.24, 2.45) is 0 Å². The minimum atomic E-state index is -0.962. The van der Waals surface area contributed by atoms with Gasteiger partial charge in [-0.05, 0) is 49.7 Å². The molecule has 1 heterocycles. The van der Waals surface area contributed by atoms with Gasteiger partial charge in [-0.1, -0.05) is 6.07 Å². The van der Waals surface area contributed by atoms with Crippen LogP contribution in [0.1, 0.15) is 34.6 Å². The Kier molecular flexibility index (Phi) is 4.68. The van der Waals surface area contributed by atoms with E-state index in [-0.39, 0.29) is 5.91 Å². The van der Waals surface area contributed by atoms with E-state index in [2.05, 4.69) is 4.98 Å². The maximum absolute atomic E-state index is 13.5. The third kappa shape index (κ3) is 3.27. The number of halogens is 3. The van der Waals surface area contributed by atoms with Gasteiger partial charge in [0.1, 0.15) is 5.82 Å². The molecule has 0 aliphatic heterocycles. The van der Waals surface area contributed by atoms with Crippen molar-refractivity contribution in [2.75, 3.05) is 7.05 Å². The van der Waals surface area contributed by atoms with Crippen molar-refractivity contribution in [1.82, 2.24) is 9.88 Å². The number of carbonyl (C=O) groups is 1. The molecule has 2 aromatic carbocycles. The van der Waals surface area contributed by atoms with Crippen molar-refractivity contribution in [3.63, 3.8) is 0 Å². The van der Waals surface area contributed by atoms with Crippen LogP contribution in [0.5, 0.6) is 0 Å². The molecule has 6 heteroatoms. The molecule has 3 aromatic rings. The quantitative estimate of drug-likeness (QED) is 0.674. The Labute approximate surface area is 149 Å². The first-order valence-corrected chi connectivity index (χ1v) is 8.07. The number of aromatic nitrogens is 1. The third-order valence-electron chi connectivity index (χ3n) is 4.46. The first-order chi connectivity index (χ1) is 12.3. The molecule has 3 nitrogen and oxygen atoms in total. The molecule has 0 saturated carbocycles. The SMILES string of the molecule is Cc1cc(C(=O)N(C)C(C)c2ccc(F)c(F)c2)c2ccc(F)cc2n1. The zero-order valence-corrected chi connectivity index (χ0v) is 14.6. The van der Waals surface area contributed by atoms with E-state index < -0.39 is 23.5 Å². The van der Waals surface area contributed by atoms with Gasteiger partial charge in [-0.25, -0.2) is 13.2 Å². The summed E-state index contributed by atoms with van der Waals surface area (Å²) in [6.45, 7) is 3.44. The number of hydrogen-bond donors (Lipinski definition) is 0. The van der Waals surface area contributed by atoms with Crippen LogP contribution < -0.4 is 0 Å². The molecule has 1 atom stereocenters. The predicted octanol–water partition coefficient (Wildman–Crippen LogP) is 4.79. The predicted molar refractivity (Wildman–Crippen MR) is 93.3 cm³/mol. The Hall–Kier alpha value is -2.89. The van der Waals surface area contributed by atoms with Crippen LogP contribution in [0.15, 0.2) is 42.5 Å². The highest BCUT2D eigenvalue weighted by atomic mass is 19.2. The number of benzene rings is 2. The molecule has 26 heavy (non-hydrogen) atoms. The highest BCUT2D eigenvalue weighted by Gasteiger charge is 2.22. The van der Waals surface area contributed by atoms with E-state index >= 15 is 0 Å². The van der Waals surface area contributed by atoms with Crippen LogP contribution in [0, 0.1) is 24.4 Å². The Morgan fingerprint density at radius 1 is 1.04 bits per heavy atom. The van der Waals surface area contributed by atoms with Crippen molar-refractivity contribution in [2.45, 2.75) is 19.9 Å². The van der Waals surface area contributed by atoms with Gasteiger partial charge in [0, 0.05) is 24.2 Å². The summed E-state index contributed by atoms with van der Waals surface area (Å²) >= 11 is 0. The van der Waals surface area contributed by atoms with E-state index in [1.54, 1.807) is 27.0 Å². The summed E-state index contributed by atoms with van der Waals surface area (Å²) in [4.78, 5) is 18.7. The summed E-state index contributed by atoms with van der Waals surface area (Å²) in [5, 5.41) is 0.534. The third-order valence-corrected chi connectivity index (χ3v) is 4.46. The van der Waals surface area contributed by atoms with Gasteiger partial charge in [-0.2, -0.15) is 0 Å². The fraction of sp³-hybridized carbons (Fsp3) is 0.200. The zero-order valence-electron chi connectivity index (χ0n) is 14.6. The molecular formula is C20H17F3N2O. The van der Waals surface area contributed by atoms with Crippen molar-refractivity contribution >= 4 is 16.8 Å². The van der Waals surface area contributed by atoms with Crippen LogP contribution in [0.3, 0.4) is 0 Å². The molecular weight excluding hydrogens is 341 g/mol. The molecule has 1 amide bonds. The number of hydrogen-bond acceptors (Lipinski definition) is 2. The fourth-order valence-electron chi connectivity index (χ4n) is 2.87. The summed E-state index contributed by atoms with van der Waals surface area (Å²) in [5.41, 5.74) is 1.83. The topological polar surface area (TPSA) is 33.2 Å². The minimum absolute atomic E-state index is 0.315. The number of aryl methyl sites for hydroxylation is 1. The lowest BCUT2D eigenvalue weighted by molar-refractivity contribution is 0.0744. The fourth-order valence-corrected chi connectivity index (χ4v) is 2.87. The van der Waals surface area contributed by atoms with Crippen LogP contribution in [0.4, 0.5) is 13.2 Å². The first kappa shape index (κ1) is 17.9. The van der Waals surface area contributed by atoms with Gasteiger partial charge in [0.2, 0.25) is 0 Å². The lowest BCUT2D eigenvalue weighted by Gasteiger charge is -2.26. The van der Waals surface area contributed by atoms with Crippen LogP contribution >= 0.6 is 0 Å². The van der Waals surface area contributed by atoms with Gasteiger partial charge in [0.25, 0.3) is 5.91 Å². The van der Waals surface area contributed by atoms with Crippen LogP contribution in [0.25, 0.3) is 10.9 Å². The molecule has 134 valence electrons. The van der Waals surface area contributed by atoms with Crippen molar-refractivity contribution in [1.29, 1.82) is 0 Å². The molecule has 0 saturated heterocycles. The number of amides is 1. The molecule has 3 rings (SSSR count). The molecule has 0 radical (unpaired) electrons. The van der Waals surface area contributed by atoms with Crippen LogP contribution in [-0.2, 0) is 0 Å². The van der Waals surface area contributed by atoms with Gasteiger partial charge in [-0.15, -0.1) is 0 Å². The first-order valence-electron chi connectivity index (χ1n) is 8.07. The number of nitrogens with zero attached hydrogens (tertiary/aromatic N) is 2. The molecule has 0 bridgehead atoms. The summed E-state index contributed by atoms with van der Waals surface area (Å²) in [5.74, 6) is -2.65. The summed E-state index contributed by atoms with van der Waals surface area (Å²) in [6.07, 6.45) is 0.